The molecule has 0 spiro atoms. The lowest BCUT2D eigenvalue weighted by Gasteiger charge is -2.21. The number of benzene rings is 3. The molecule has 0 aliphatic rings. The van der Waals surface area contributed by atoms with Crippen molar-refractivity contribution in [1.82, 2.24) is 5.32 Å². The Hall–Kier alpha value is -2.83. The van der Waals surface area contributed by atoms with E-state index in [0.29, 0.717) is 5.75 Å². The molecule has 3 aromatic carbocycles. The number of carbonyl (C=O) groups is 1. The molecule has 1 atom stereocenters. The number of nitrogens with one attached hydrogen (secondary N) is 1. The normalized spacial score (nSPS) is 12.2. The van der Waals surface area contributed by atoms with E-state index in [2.05, 4.69) is 5.32 Å². The van der Waals surface area contributed by atoms with Gasteiger partial charge in [0.25, 0.3) is 5.91 Å². The van der Waals surface area contributed by atoms with Crippen LogP contribution in [0, 0.1) is 0 Å². The Bertz CT molecular complexity index is 1110. The Kier molecular flexibility index (Phi) is 6.25. The van der Waals surface area contributed by atoms with Gasteiger partial charge in [-0.15, -0.1) is 0 Å². The van der Waals surface area contributed by atoms with Gasteiger partial charge < -0.3 is 10.1 Å². The van der Waals surface area contributed by atoms with Gasteiger partial charge >= 0.3 is 0 Å². The molecule has 0 heterocycles. The molecule has 0 radical (unpaired) electrons. The number of sulfone groups is 1. The van der Waals surface area contributed by atoms with Crippen LogP contribution in [0.15, 0.2) is 77.7 Å². The van der Waals surface area contributed by atoms with E-state index in [-0.39, 0.29) is 15.5 Å². The standard InChI is InChI=1S/C22H20ClNO4S/c1-28-17-10-8-16(9-11-17)21(15-6-4-3-5-7-15)24-22(25)19-14-18(29(2,26)27)12-13-20(19)23/h3-14,21H,1-2H3,(H,24,25). The molecule has 5 nitrogen and oxygen atoms in total. The Morgan fingerprint density at radius 3 is 2.17 bits per heavy atom. The summed E-state index contributed by atoms with van der Waals surface area (Å²) in [5, 5.41) is 3.14. The summed E-state index contributed by atoms with van der Waals surface area (Å²) in [5.41, 5.74) is 1.83. The molecule has 0 fully saturated rings. The number of ether oxygens (including phenoxy) is 1. The molecule has 29 heavy (non-hydrogen) atoms. The van der Waals surface area contributed by atoms with E-state index < -0.39 is 21.8 Å². The van der Waals surface area contributed by atoms with Gasteiger partial charge in [0, 0.05) is 6.26 Å². The number of rotatable bonds is 6. The smallest absolute Gasteiger partial charge is 0.253 e. The van der Waals surface area contributed by atoms with Crippen LogP contribution in [0.5, 0.6) is 5.75 Å². The molecule has 0 saturated heterocycles. The molecular weight excluding hydrogens is 410 g/mol. The van der Waals surface area contributed by atoms with Gasteiger partial charge in [-0.3, -0.25) is 4.79 Å². The number of carbonyl (C=O) groups excluding carboxylic acids is 1. The highest BCUT2D eigenvalue weighted by molar-refractivity contribution is 7.90. The lowest BCUT2D eigenvalue weighted by atomic mass is 9.98. The van der Waals surface area contributed by atoms with Gasteiger partial charge in [0.2, 0.25) is 0 Å². The molecular formula is C22H20ClNO4S. The fraction of sp³-hybridized carbons (Fsp3) is 0.136. The van der Waals surface area contributed by atoms with Crippen molar-refractivity contribution in [2.75, 3.05) is 13.4 Å². The van der Waals surface area contributed by atoms with E-state index in [1.807, 2.05) is 54.6 Å². The van der Waals surface area contributed by atoms with Crippen molar-refractivity contribution in [3.63, 3.8) is 0 Å². The van der Waals surface area contributed by atoms with Gasteiger partial charge in [-0.2, -0.15) is 0 Å². The SMILES string of the molecule is COc1ccc(C(NC(=O)c2cc(S(C)(=O)=O)ccc2Cl)c2ccccc2)cc1. The van der Waals surface area contributed by atoms with Gasteiger partial charge in [-0.25, -0.2) is 8.42 Å². The van der Waals surface area contributed by atoms with Gasteiger partial charge in [0.1, 0.15) is 5.75 Å². The first-order valence-electron chi connectivity index (χ1n) is 8.79. The Labute approximate surface area is 175 Å². The van der Waals surface area contributed by atoms with E-state index in [9.17, 15) is 13.2 Å². The van der Waals surface area contributed by atoms with Gasteiger partial charge in [-0.05, 0) is 41.5 Å². The Balaban J connectivity index is 1.99. The number of amides is 1. The molecule has 0 aliphatic carbocycles. The molecule has 0 aromatic heterocycles. The Morgan fingerprint density at radius 2 is 1.59 bits per heavy atom. The second-order valence-corrected chi connectivity index (χ2v) is 8.93. The van der Waals surface area contributed by atoms with Crippen molar-refractivity contribution < 1.29 is 17.9 Å². The van der Waals surface area contributed by atoms with E-state index in [1.165, 1.54) is 18.2 Å². The molecule has 0 aliphatic heterocycles. The maximum absolute atomic E-state index is 13.0. The number of hydrogen-bond acceptors (Lipinski definition) is 4. The molecule has 7 heteroatoms. The van der Waals surface area contributed by atoms with Crippen molar-refractivity contribution in [3.8, 4) is 5.75 Å². The molecule has 3 rings (SSSR count). The van der Waals surface area contributed by atoms with E-state index in [1.54, 1.807) is 7.11 Å². The van der Waals surface area contributed by atoms with Crippen LogP contribution in [-0.2, 0) is 9.84 Å². The summed E-state index contributed by atoms with van der Waals surface area (Å²) in [6, 6.07) is 20.5. The maximum Gasteiger partial charge on any atom is 0.253 e. The molecule has 0 bridgehead atoms. The third kappa shape index (κ3) is 4.96. The van der Waals surface area contributed by atoms with Crippen LogP contribution >= 0.6 is 11.6 Å². The third-order valence-electron chi connectivity index (χ3n) is 4.47. The van der Waals surface area contributed by atoms with Crippen LogP contribution in [0.3, 0.4) is 0 Å². The average Bonchev–Trinajstić information content (AvgIpc) is 2.72. The van der Waals surface area contributed by atoms with Crippen LogP contribution in [0.25, 0.3) is 0 Å². The van der Waals surface area contributed by atoms with Crippen LogP contribution in [-0.4, -0.2) is 27.7 Å². The molecule has 150 valence electrons. The van der Waals surface area contributed by atoms with Crippen molar-refractivity contribution in [1.29, 1.82) is 0 Å². The minimum atomic E-state index is -3.47. The summed E-state index contributed by atoms with van der Waals surface area (Å²) in [6.45, 7) is 0. The van der Waals surface area contributed by atoms with E-state index >= 15 is 0 Å². The predicted octanol–water partition coefficient (Wildman–Crippen LogP) is 4.27. The van der Waals surface area contributed by atoms with Crippen LogP contribution in [0.4, 0.5) is 0 Å². The molecule has 1 unspecified atom stereocenters. The number of halogens is 1. The summed E-state index contributed by atoms with van der Waals surface area (Å²) >= 11 is 6.18. The average molecular weight is 430 g/mol. The first-order valence-corrected chi connectivity index (χ1v) is 11.1. The predicted molar refractivity (Wildman–Crippen MR) is 113 cm³/mol. The minimum absolute atomic E-state index is 0.0350. The number of hydrogen-bond donors (Lipinski definition) is 1. The van der Waals surface area contributed by atoms with Crippen LogP contribution in [0.1, 0.15) is 27.5 Å². The zero-order chi connectivity index (χ0) is 21.0. The van der Waals surface area contributed by atoms with E-state index in [0.717, 1.165) is 17.4 Å². The van der Waals surface area contributed by atoms with Crippen molar-refractivity contribution in [2.24, 2.45) is 0 Å². The zero-order valence-electron chi connectivity index (χ0n) is 15.9. The fourth-order valence-corrected chi connectivity index (χ4v) is 3.77. The van der Waals surface area contributed by atoms with Crippen molar-refractivity contribution in [2.45, 2.75) is 10.9 Å². The Morgan fingerprint density at radius 1 is 0.966 bits per heavy atom. The topological polar surface area (TPSA) is 72.5 Å². The molecule has 3 aromatic rings. The monoisotopic (exact) mass is 429 g/mol. The first kappa shape index (κ1) is 20.9. The third-order valence-corrected chi connectivity index (χ3v) is 5.91. The summed E-state index contributed by atoms with van der Waals surface area (Å²) in [7, 11) is -1.88. The molecule has 1 N–H and O–H groups in total. The fourth-order valence-electron chi connectivity index (χ4n) is 2.92. The zero-order valence-corrected chi connectivity index (χ0v) is 17.5. The van der Waals surface area contributed by atoms with Crippen LogP contribution in [0.2, 0.25) is 5.02 Å². The highest BCUT2D eigenvalue weighted by atomic mass is 35.5. The summed E-state index contributed by atoms with van der Waals surface area (Å²) in [6.07, 6.45) is 1.09. The first-order chi connectivity index (χ1) is 13.8. The van der Waals surface area contributed by atoms with Gasteiger partial charge in [0.15, 0.2) is 9.84 Å². The lowest BCUT2D eigenvalue weighted by molar-refractivity contribution is 0.0943. The van der Waals surface area contributed by atoms with Crippen molar-refractivity contribution in [3.05, 3.63) is 94.5 Å². The highest BCUT2D eigenvalue weighted by Crippen LogP contribution is 2.26. The maximum atomic E-state index is 13.0. The molecule has 0 saturated carbocycles. The van der Waals surface area contributed by atoms with Crippen molar-refractivity contribution >= 4 is 27.3 Å². The number of methoxy groups -OCH3 is 1. The summed E-state index contributed by atoms with van der Waals surface area (Å²) in [4.78, 5) is 13.0. The summed E-state index contributed by atoms with van der Waals surface area (Å²) in [5.74, 6) is 0.237. The lowest BCUT2D eigenvalue weighted by Crippen LogP contribution is -2.29. The van der Waals surface area contributed by atoms with E-state index in [4.69, 9.17) is 16.3 Å². The summed E-state index contributed by atoms with van der Waals surface area (Å²) < 4.78 is 28.9. The van der Waals surface area contributed by atoms with Gasteiger partial charge in [0.05, 0.1) is 28.6 Å². The van der Waals surface area contributed by atoms with Crippen LogP contribution < -0.4 is 10.1 Å². The second kappa shape index (κ2) is 8.68. The highest BCUT2D eigenvalue weighted by Gasteiger charge is 2.21. The van der Waals surface area contributed by atoms with Gasteiger partial charge in [-0.1, -0.05) is 54.1 Å². The minimum Gasteiger partial charge on any atom is -0.497 e. The molecule has 1 amide bonds. The quantitative estimate of drug-likeness (QED) is 0.635. The largest absolute Gasteiger partial charge is 0.497 e. The second-order valence-electron chi connectivity index (χ2n) is 6.50.